The molecular formula is C11H14BrNO. The van der Waals surface area contributed by atoms with Crippen molar-refractivity contribution in [3.8, 4) is 5.75 Å². The van der Waals surface area contributed by atoms with E-state index < -0.39 is 0 Å². The van der Waals surface area contributed by atoms with Gasteiger partial charge in [-0.15, -0.1) is 0 Å². The number of aromatic hydroxyl groups is 1. The molecule has 1 atom stereocenters. The Morgan fingerprint density at radius 1 is 1.43 bits per heavy atom. The van der Waals surface area contributed by atoms with Gasteiger partial charge in [0.05, 0.1) is 0 Å². The molecular weight excluding hydrogens is 242 g/mol. The van der Waals surface area contributed by atoms with Crippen LogP contribution in [0.4, 0.5) is 0 Å². The Morgan fingerprint density at radius 2 is 2.14 bits per heavy atom. The molecule has 1 fully saturated rings. The number of phenolic OH excluding ortho intramolecular Hbond substituents is 1. The van der Waals surface area contributed by atoms with E-state index in [4.69, 9.17) is 5.73 Å². The molecule has 3 N–H and O–H groups in total. The highest BCUT2D eigenvalue weighted by atomic mass is 79.9. The van der Waals surface area contributed by atoms with Gasteiger partial charge in [0.25, 0.3) is 0 Å². The molecule has 0 spiro atoms. The second-order valence-corrected chi connectivity index (χ2v) is 4.74. The summed E-state index contributed by atoms with van der Waals surface area (Å²) in [4.78, 5) is 0. The van der Waals surface area contributed by atoms with Crippen LogP contribution in [0, 0.1) is 5.92 Å². The molecule has 1 aromatic rings. The predicted octanol–water partition coefficient (Wildman–Crippen LogP) is 2.95. The molecule has 0 aliphatic heterocycles. The van der Waals surface area contributed by atoms with Crippen LogP contribution in [0.25, 0.3) is 0 Å². The minimum absolute atomic E-state index is 0.0284. The molecule has 14 heavy (non-hydrogen) atoms. The van der Waals surface area contributed by atoms with Gasteiger partial charge in [-0.3, -0.25) is 0 Å². The van der Waals surface area contributed by atoms with Gasteiger partial charge in [-0.25, -0.2) is 0 Å². The van der Waals surface area contributed by atoms with E-state index in [2.05, 4.69) is 15.9 Å². The molecule has 2 nitrogen and oxygen atoms in total. The fourth-order valence-electron chi connectivity index (χ4n) is 1.89. The standard InChI is InChI=1S/C11H14BrNO/c12-8-5-2-6-9(14)10(8)11(13)7-3-1-4-7/h2,5-7,11,14H,1,3-4,13H2. The maximum Gasteiger partial charge on any atom is 0.121 e. The second-order valence-electron chi connectivity index (χ2n) is 3.89. The van der Waals surface area contributed by atoms with Crippen LogP contribution in [0.5, 0.6) is 5.75 Å². The van der Waals surface area contributed by atoms with Gasteiger partial charge in [0, 0.05) is 16.1 Å². The Balaban J connectivity index is 2.29. The lowest BCUT2D eigenvalue weighted by molar-refractivity contribution is 0.260. The Hall–Kier alpha value is -0.540. The molecule has 0 aromatic heterocycles. The summed E-state index contributed by atoms with van der Waals surface area (Å²) in [6.07, 6.45) is 3.63. The summed E-state index contributed by atoms with van der Waals surface area (Å²) in [5.41, 5.74) is 6.97. The third kappa shape index (κ3) is 1.66. The van der Waals surface area contributed by atoms with E-state index >= 15 is 0 Å². The number of halogens is 1. The lowest BCUT2D eigenvalue weighted by Crippen LogP contribution is -2.27. The molecule has 76 valence electrons. The van der Waals surface area contributed by atoms with Gasteiger partial charge in [0.2, 0.25) is 0 Å². The van der Waals surface area contributed by atoms with Crippen molar-refractivity contribution in [2.24, 2.45) is 11.7 Å². The van der Waals surface area contributed by atoms with Crippen LogP contribution < -0.4 is 5.73 Å². The average molecular weight is 256 g/mol. The lowest BCUT2D eigenvalue weighted by Gasteiger charge is -2.32. The minimum Gasteiger partial charge on any atom is -0.508 e. The monoisotopic (exact) mass is 255 g/mol. The first-order valence-corrected chi connectivity index (χ1v) is 5.72. The molecule has 0 heterocycles. The highest BCUT2D eigenvalue weighted by Gasteiger charge is 2.28. The van der Waals surface area contributed by atoms with Crippen molar-refractivity contribution in [2.45, 2.75) is 25.3 Å². The highest BCUT2D eigenvalue weighted by Crippen LogP contribution is 2.41. The highest BCUT2D eigenvalue weighted by molar-refractivity contribution is 9.10. The van der Waals surface area contributed by atoms with Crippen LogP contribution in [-0.4, -0.2) is 5.11 Å². The summed E-state index contributed by atoms with van der Waals surface area (Å²) in [7, 11) is 0. The quantitative estimate of drug-likeness (QED) is 0.854. The third-order valence-electron chi connectivity index (χ3n) is 3.02. The smallest absolute Gasteiger partial charge is 0.121 e. The van der Waals surface area contributed by atoms with E-state index in [9.17, 15) is 5.11 Å². The first kappa shape index (κ1) is 9.99. The van der Waals surface area contributed by atoms with Crippen molar-refractivity contribution in [1.29, 1.82) is 0 Å². The zero-order chi connectivity index (χ0) is 10.1. The van der Waals surface area contributed by atoms with Gasteiger partial charge in [0.15, 0.2) is 0 Å². The van der Waals surface area contributed by atoms with E-state index in [-0.39, 0.29) is 6.04 Å². The molecule has 2 rings (SSSR count). The zero-order valence-corrected chi connectivity index (χ0v) is 9.50. The van der Waals surface area contributed by atoms with Gasteiger partial charge in [0.1, 0.15) is 5.75 Å². The number of hydrogen-bond acceptors (Lipinski definition) is 2. The number of rotatable bonds is 2. The molecule has 1 aliphatic rings. The summed E-state index contributed by atoms with van der Waals surface area (Å²) in [5, 5.41) is 9.72. The van der Waals surface area contributed by atoms with Crippen LogP contribution in [0.15, 0.2) is 22.7 Å². The normalized spacial score (nSPS) is 19.0. The van der Waals surface area contributed by atoms with Crippen molar-refractivity contribution in [1.82, 2.24) is 0 Å². The largest absolute Gasteiger partial charge is 0.508 e. The van der Waals surface area contributed by atoms with Crippen LogP contribution in [-0.2, 0) is 0 Å². The van der Waals surface area contributed by atoms with Crippen LogP contribution >= 0.6 is 15.9 Å². The van der Waals surface area contributed by atoms with Crippen LogP contribution in [0.3, 0.4) is 0 Å². The summed E-state index contributed by atoms with van der Waals surface area (Å²) in [5.74, 6) is 0.846. The maximum atomic E-state index is 9.72. The molecule has 1 aliphatic carbocycles. The molecule has 0 saturated heterocycles. The van der Waals surface area contributed by atoms with Gasteiger partial charge in [-0.1, -0.05) is 28.4 Å². The number of benzene rings is 1. The van der Waals surface area contributed by atoms with Crippen molar-refractivity contribution in [3.05, 3.63) is 28.2 Å². The van der Waals surface area contributed by atoms with Gasteiger partial charge < -0.3 is 10.8 Å². The number of hydrogen-bond donors (Lipinski definition) is 2. The minimum atomic E-state index is -0.0284. The summed E-state index contributed by atoms with van der Waals surface area (Å²) in [6, 6.07) is 5.40. The van der Waals surface area contributed by atoms with Gasteiger partial charge >= 0.3 is 0 Å². The molecule has 1 aromatic carbocycles. The second kappa shape index (κ2) is 3.91. The molecule has 0 radical (unpaired) electrons. The SMILES string of the molecule is NC(c1c(O)cccc1Br)C1CCC1. The van der Waals surface area contributed by atoms with E-state index in [1.54, 1.807) is 6.07 Å². The van der Waals surface area contributed by atoms with Crippen LogP contribution in [0.1, 0.15) is 30.9 Å². The van der Waals surface area contributed by atoms with E-state index in [0.29, 0.717) is 11.7 Å². The zero-order valence-electron chi connectivity index (χ0n) is 7.91. The van der Waals surface area contributed by atoms with Crippen molar-refractivity contribution >= 4 is 15.9 Å². The number of phenols is 1. The Kier molecular flexibility index (Phi) is 2.79. The van der Waals surface area contributed by atoms with E-state index in [1.165, 1.54) is 19.3 Å². The van der Waals surface area contributed by atoms with E-state index in [1.807, 2.05) is 12.1 Å². The molecule has 3 heteroatoms. The number of nitrogens with two attached hydrogens (primary N) is 1. The fourth-order valence-corrected chi connectivity index (χ4v) is 2.51. The third-order valence-corrected chi connectivity index (χ3v) is 3.71. The fraction of sp³-hybridized carbons (Fsp3) is 0.455. The van der Waals surface area contributed by atoms with Crippen molar-refractivity contribution in [3.63, 3.8) is 0 Å². The van der Waals surface area contributed by atoms with E-state index in [0.717, 1.165) is 10.0 Å². The molecule has 0 amide bonds. The molecule has 0 bridgehead atoms. The Bertz CT molecular complexity index is 316. The summed E-state index contributed by atoms with van der Waals surface area (Å²) in [6.45, 7) is 0. The lowest BCUT2D eigenvalue weighted by atomic mass is 9.77. The first-order valence-electron chi connectivity index (χ1n) is 4.93. The molecule has 1 saturated carbocycles. The first-order chi connectivity index (χ1) is 6.70. The topological polar surface area (TPSA) is 46.2 Å². The summed E-state index contributed by atoms with van der Waals surface area (Å²) >= 11 is 3.43. The Labute approximate surface area is 92.3 Å². The Morgan fingerprint density at radius 3 is 2.64 bits per heavy atom. The summed E-state index contributed by atoms with van der Waals surface area (Å²) < 4.78 is 0.914. The molecule has 1 unspecified atom stereocenters. The van der Waals surface area contributed by atoms with Crippen LogP contribution in [0.2, 0.25) is 0 Å². The predicted molar refractivity (Wildman–Crippen MR) is 60.1 cm³/mol. The van der Waals surface area contributed by atoms with Gasteiger partial charge in [-0.2, -0.15) is 0 Å². The average Bonchev–Trinajstić information content (AvgIpc) is 2.00. The maximum absolute atomic E-state index is 9.72. The van der Waals surface area contributed by atoms with Gasteiger partial charge in [-0.05, 0) is 30.9 Å². The van der Waals surface area contributed by atoms with Crippen molar-refractivity contribution < 1.29 is 5.11 Å². The van der Waals surface area contributed by atoms with Crippen molar-refractivity contribution in [2.75, 3.05) is 0 Å².